The SMILES string of the molecule is CSCC[C@H](NC(=O)[C@H](Cc1cccs1)NC(=O)Nc1ccc2c(CN3CCCC3)cn(Cc3c(Cl)cccc3Cl)c2c1)C(=O)NCCN. The molecule has 3 heterocycles. The van der Waals surface area contributed by atoms with Crippen LogP contribution in [-0.2, 0) is 29.1 Å². The number of fused-ring (bicyclic) bond motifs is 1. The number of thioether (sulfide) groups is 1. The number of hydrogen-bond donors (Lipinski definition) is 5. The fraction of sp³-hybridized carbons (Fsp3) is 0.400. The predicted molar refractivity (Wildman–Crippen MR) is 203 cm³/mol. The molecule has 0 radical (unpaired) electrons. The molecule has 14 heteroatoms. The first-order valence-corrected chi connectivity index (χ1v) is 19.4. The van der Waals surface area contributed by atoms with Crippen LogP contribution >= 0.6 is 46.3 Å². The molecule has 4 aromatic rings. The van der Waals surface area contributed by atoms with Crippen LogP contribution in [0, 0.1) is 0 Å². The minimum absolute atomic E-state index is 0.275. The van der Waals surface area contributed by atoms with E-state index in [0.717, 1.165) is 41.0 Å². The molecule has 1 aliphatic rings. The molecule has 2 aromatic heterocycles. The summed E-state index contributed by atoms with van der Waals surface area (Å²) >= 11 is 16.2. The second-order valence-electron chi connectivity index (χ2n) is 12.1. The highest BCUT2D eigenvalue weighted by atomic mass is 35.5. The van der Waals surface area contributed by atoms with Crippen molar-refractivity contribution in [1.29, 1.82) is 0 Å². The number of carbonyl (C=O) groups excluding carboxylic acids is 3. The summed E-state index contributed by atoms with van der Waals surface area (Å²) in [6.45, 7) is 4.03. The summed E-state index contributed by atoms with van der Waals surface area (Å²) in [6, 6.07) is 12.9. The monoisotopic (exact) mass is 743 g/mol. The number of anilines is 1. The molecule has 10 nitrogen and oxygen atoms in total. The van der Waals surface area contributed by atoms with Gasteiger partial charge in [-0.2, -0.15) is 11.8 Å². The molecule has 1 fully saturated rings. The molecule has 0 unspecified atom stereocenters. The lowest BCUT2D eigenvalue weighted by atomic mass is 10.1. The maximum Gasteiger partial charge on any atom is 0.319 e. The lowest BCUT2D eigenvalue weighted by Gasteiger charge is -2.23. The largest absolute Gasteiger partial charge is 0.353 e. The van der Waals surface area contributed by atoms with E-state index in [1.54, 1.807) is 11.8 Å². The van der Waals surface area contributed by atoms with Crippen molar-refractivity contribution in [3.05, 3.63) is 86.2 Å². The molecule has 0 bridgehead atoms. The average molecular weight is 745 g/mol. The van der Waals surface area contributed by atoms with Gasteiger partial charge in [0, 0.05) is 63.8 Å². The smallest absolute Gasteiger partial charge is 0.319 e. The van der Waals surface area contributed by atoms with Gasteiger partial charge in [0.15, 0.2) is 0 Å². The molecule has 2 atom stereocenters. The molecular weight excluding hydrogens is 701 g/mol. The van der Waals surface area contributed by atoms with E-state index in [1.807, 2.05) is 60.2 Å². The van der Waals surface area contributed by atoms with Gasteiger partial charge in [0.2, 0.25) is 11.8 Å². The summed E-state index contributed by atoms with van der Waals surface area (Å²) in [4.78, 5) is 43.3. The van der Waals surface area contributed by atoms with Crippen molar-refractivity contribution in [2.75, 3.05) is 43.5 Å². The molecule has 2 aromatic carbocycles. The van der Waals surface area contributed by atoms with Gasteiger partial charge >= 0.3 is 6.03 Å². The third-order valence-corrected chi connectivity index (χ3v) is 10.8. The number of nitrogens with zero attached hydrogens (tertiary/aromatic N) is 2. The summed E-state index contributed by atoms with van der Waals surface area (Å²) in [5.74, 6) is -0.0624. The average Bonchev–Trinajstić information content (AvgIpc) is 3.86. The van der Waals surface area contributed by atoms with Crippen LogP contribution in [0.5, 0.6) is 0 Å². The van der Waals surface area contributed by atoms with E-state index in [0.29, 0.717) is 47.5 Å². The number of urea groups is 1. The molecule has 0 aliphatic carbocycles. The Kier molecular flexibility index (Phi) is 13.7. The van der Waals surface area contributed by atoms with E-state index in [1.165, 1.54) is 29.7 Å². The second kappa shape index (κ2) is 18.1. The Morgan fingerprint density at radius 2 is 1.76 bits per heavy atom. The quantitative estimate of drug-likeness (QED) is 0.100. The molecule has 1 saturated heterocycles. The van der Waals surface area contributed by atoms with Crippen molar-refractivity contribution < 1.29 is 14.4 Å². The third-order valence-electron chi connectivity index (χ3n) is 8.50. The number of amides is 4. The van der Waals surface area contributed by atoms with Crippen LogP contribution in [0.3, 0.4) is 0 Å². The molecule has 1 aliphatic heterocycles. The van der Waals surface area contributed by atoms with Gasteiger partial charge in [-0.15, -0.1) is 11.3 Å². The Labute approximate surface area is 305 Å². The first-order valence-electron chi connectivity index (χ1n) is 16.4. The number of nitrogens with one attached hydrogen (secondary N) is 4. The lowest BCUT2D eigenvalue weighted by Crippen LogP contribution is -2.55. The second-order valence-corrected chi connectivity index (χ2v) is 14.9. The molecular formula is C35H43Cl2N7O3S2. The van der Waals surface area contributed by atoms with E-state index in [2.05, 4.69) is 36.9 Å². The highest BCUT2D eigenvalue weighted by Crippen LogP contribution is 2.31. The Hall–Kier alpha value is -3.26. The van der Waals surface area contributed by atoms with Crippen LogP contribution < -0.4 is 27.0 Å². The van der Waals surface area contributed by atoms with Crippen LogP contribution in [0.2, 0.25) is 10.0 Å². The lowest BCUT2D eigenvalue weighted by molar-refractivity contribution is -0.129. The van der Waals surface area contributed by atoms with Crippen molar-refractivity contribution in [2.45, 2.75) is 50.9 Å². The fourth-order valence-electron chi connectivity index (χ4n) is 6.00. The van der Waals surface area contributed by atoms with Gasteiger partial charge in [-0.3, -0.25) is 14.5 Å². The maximum atomic E-state index is 13.6. The van der Waals surface area contributed by atoms with E-state index in [-0.39, 0.29) is 12.3 Å². The summed E-state index contributed by atoms with van der Waals surface area (Å²) in [7, 11) is 0. The Morgan fingerprint density at radius 1 is 0.980 bits per heavy atom. The normalized spacial score (nSPS) is 14.4. The number of rotatable bonds is 16. The number of hydrogen-bond acceptors (Lipinski definition) is 7. The zero-order chi connectivity index (χ0) is 34.8. The van der Waals surface area contributed by atoms with Crippen molar-refractivity contribution in [2.24, 2.45) is 5.73 Å². The van der Waals surface area contributed by atoms with Gasteiger partial charge in [0.25, 0.3) is 0 Å². The van der Waals surface area contributed by atoms with Crippen molar-refractivity contribution >= 4 is 80.7 Å². The zero-order valence-corrected chi connectivity index (χ0v) is 30.6. The molecule has 6 N–H and O–H groups in total. The van der Waals surface area contributed by atoms with Crippen molar-refractivity contribution in [3.8, 4) is 0 Å². The fourth-order valence-corrected chi connectivity index (χ4v) is 7.74. The van der Waals surface area contributed by atoms with Gasteiger partial charge in [-0.1, -0.05) is 41.4 Å². The van der Waals surface area contributed by atoms with Crippen LogP contribution in [-0.4, -0.2) is 77.6 Å². The molecule has 5 rings (SSSR count). The number of benzene rings is 2. The number of aromatic nitrogens is 1. The highest BCUT2D eigenvalue weighted by Gasteiger charge is 2.27. The number of thiophene rings is 1. The first kappa shape index (κ1) is 37.0. The van der Waals surface area contributed by atoms with Crippen LogP contribution in [0.1, 0.15) is 35.3 Å². The third kappa shape index (κ3) is 10.1. The molecule has 4 amide bonds. The topological polar surface area (TPSA) is 134 Å². The number of carbonyl (C=O) groups is 3. The highest BCUT2D eigenvalue weighted by molar-refractivity contribution is 7.98. The molecule has 262 valence electrons. The Bertz CT molecular complexity index is 1710. The van der Waals surface area contributed by atoms with Crippen LogP contribution in [0.4, 0.5) is 10.5 Å². The molecule has 0 saturated carbocycles. The summed E-state index contributed by atoms with van der Waals surface area (Å²) in [5, 5.41) is 15.6. The van der Waals surface area contributed by atoms with Crippen molar-refractivity contribution in [3.63, 3.8) is 0 Å². The molecule has 49 heavy (non-hydrogen) atoms. The van der Waals surface area contributed by atoms with Gasteiger partial charge in [0.05, 0.1) is 12.1 Å². The van der Waals surface area contributed by atoms with Gasteiger partial charge < -0.3 is 31.6 Å². The van der Waals surface area contributed by atoms with Crippen LogP contribution in [0.15, 0.2) is 60.1 Å². The predicted octanol–water partition coefficient (Wildman–Crippen LogP) is 5.70. The standard InChI is InChI=1S/C35H43Cl2N7O3S2/c1-48-17-11-30(33(45)39-13-12-38)41-34(46)31(19-25-6-5-16-49-25)42-35(47)40-24-9-10-26-23(20-43-14-2-3-15-43)21-44(32(26)18-24)22-27-28(36)7-4-8-29(27)37/h4-10,16,18,21,30-31H,2-3,11-15,17,19-20,22,38H2,1H3,(H,39,45)(H,41,46)(H2,40,42,47)/t30-,31-/m0/s1. The van der Waals surface area contributed by atoms with Crippen molar-refractivity contribution in [1.82, 2.24) is 25.4 Å². The van der Waals surface area contributed by atoms with Gasteiger partial charge in [-0.05, 0) is 85.6 Å². The number of nitrogens with two attached hydrogens (primary N) is 1. The zero-order valence-electron chi connectivity index (χ0n) is 27.5. The summed E-state index contributed by atoms with van der Waals surface area (Å²) in [6.07, 6.45) is 7.20. The minimum Gasteiger partial charge on any atom is -0.353 e. The first-order chi connectivity index (χ1) is 23.7. The Balaban J connectivity index is 1.36. The molecule has 0 spiro atoms. The van der Waals surface area contributed by atoms with Crippen LogP contribution in [0.25, 0.3) is 10.9 Å². The Morgan fingerprint density at radius 3 is 2.45 bits per heavy atom. The van der Waals surface area contributed by atoms with E-state index in [4.69, 9.17) is 28.9 Å². The number of likely N-dealkylation sites (tertiary alicyclic amines) is 1. The van der Waals surface area contributed by atoms with E-state index < -0.39 is 24.0 Å². The summed E-state index contributed by atoms with van der Waals surface area (Å²) in [5.41, 5.74) is 9.07. The maximum absolute atomic E-state index is 13.6. The number of halogens is 2. The van der Waals surface area contributed by atoms with Gasteiger partial charge in [0.1, 0.15) is 12.1 Å². The minimum atomic E-state index is -0.917. The van der Waals surface area contributed by atoms with E-state index >= 15 is 0 Å². The van der Waals surface area contributed by atoms with Gasteiger partial charge in [-0.25, -0.2) is 4.79 Å². The summed E-state index contributed by atoms with van der Waals surface area (Å²) < 4.78 is 2.12. The van der Waals surface area contributed by atoms with E-state index in [9.17, 15) is 14.4 Å².